The van der Waals surface area contributed by atoms with Crippen molar-refractivity contribution >= 4 is 17.9 Å². The van der Waals surface area contributed by atoms with Gasteiger partial charge in [-0.05, 0) is 13.3 Å². The van der Waals surface area contributed by atoms with Gasteiger partial charge >= 0.3 is 17.9 Å². The summed E-state index contributed by atoms with van der Waals surface area (Å²) in [5.74, 6) is -5.28. The fraction of sp³-hybridized carbons (Fsp3) is 0.737. The van der Waals surface area contributed by atoms with Gasteiger partial charge in [0.05, 0.1) is 17.8 Å². The first-order chi connectivity index (χ1) is 15.0. The molecule has 3 fully saturated rings. The number of carbonyl (C=O) groups excluding carboxylic acids is 2. The van der Waals surface area contributed by atoms with Crippen LogP contribution in [0.3, 0.4) is 0 Å². The molecule has 2 saturated heterocycles. The van der Waals surface area contributed by atoms with Crippen LogP contribution >= 0.6 is 0 Å². The van der Waals surface area contributed by atoms with Crippen LogP contribution in [-0.2, 0) is 38.1 Å². The normalized spacial score (nSPS) is 46.8. The van der Waals surface area contributed by atoms with Gasteiger partial charge in [-0.15, -0.1) is 0 Å². The molecule has 4 rings (SSSR count). The molecule has 3 aliphatic heterocycles. The van der Waals surface area contributed by atoms with Gasteiger partial charge in [0.2, 0.25) is 6.29 Å². The Labute approximate surface area is 181 Å². The van der Waals surface area contributed by atoms with Gasteiger partial charge < -0.3 is 49.2 Å². The summed E-state index contributed by atoms with van der Waals surface area (Å²) in [4.78, 5) is 35.9. The van der Waals surface area contributed by atoms with Crippen LogP contribution in [0.1, 0.15) is 19.8 Å². The first kappa shape index (κ1) is 22.9. The number of aliphatic hydroxyl groups excluding tert-OH is 3. The van der Waals surface area contributed by atoms with E-state index < -0.39 is 91.5 Å². The smallest absolute Gasteiger partial charge is 0.334 e. The van der Waals surface area contributed by atoms with Crippen molar-refractivity contribution < 1.29 is 63.6 Å². The van der Waals surface area contributed by atoms with Crippen LogP contribution in [-0.4, -0.2) is 98.7 Å². The second kappa shape index (κ2) is 8.24. The van der Waals surface area contributed by atoms with Crippen LogP contribution in [0.25, 0.3) is 0 Å². The number of cyclic esters (lactones) is 1. The van der Waals surface area contributed by atoms with Crippen LogP contribution in [0.5, 0.6) is 0 Å². The van der Waals surface area contributed by atoms with E-state index in [9.17, 15) is 39.9 Å². The van der Waals surface area contributed by atoms with E-state index >= 15 is 0 Å². The van der Waals surface area contributed by atoms with E-state index in [1.807, 2.05) is 0 Å². The van der Waals surface area contributed by atoms with Gasteiger partial charge in [-0.1, -0.05) is 0 Å². The predicted molar refractivity (Wildman–Crippen MR) is 96.0 cm³/mol. The highest BCUT2D eigenvalue weighted by molar-refractivity contribution is 5.91. The van der Waals surface area contributed by atoms with Gasteiger partial charge in [0.25, 0.3) is 0 Å². The molecule has 0 aromatic rings. The lowest BCUT2D eigenvalue weighted by Crippen LogP contribution is -2.61. The third-order valence-electron chi connectivity index (χ3n) is 6.40. The molecule has 0 aromatic heterocycles. The molecule has 1 aliphatic carbocycles. The zero-order valence-corrected chi connectivity index (χ0v) is 16.9. The summed E-state index contributed by atoms with van der Waals surface area (Å²) < 4.78 is 26.7. The summed E-state index contributed by atoms with van der Waals surface area (Å²) in [6.45, 7) is 0.753. The molecule has 178 valence electrons. The van der Waals surface area contributed by atoms with E-state index in [0.717, 1.165) is 6.26 Å². The molecule has 4 aliphatic rings. The Bertz CT molecular complexity index is 822. The van der Waals surface area contributed by atoms with Gasteiger partial charge in [-0.3, -0.25) is 9.59 Å². The first-order valence-electron chi connectivity index (χ1n) is 10.0. The lowest BCUT2D eigenvalue weighted by Gasteiger charge is -2.44. The lowest BCUT2D eigenvalue weighted by atomic mass is 9.81. The quantitative estimate of drug-likeness (QED) is 0.201. The Hall–Kier alpha value is -2.29. The highest BCUT2D eigenvalue weighted by Crippen LogP contribution is 2.50. The molecule has 1 saturated carbocycles. The molecule has 32 heavy (non-hydrogen) atoms. The van der Waals surface area contributed by atoms with Crippen molar-refractivity contribution in [3.63, 3.8) is 0 Å². The van der Waals surface area contributed by atoms with Gasteiger partial charge in [0.1, 0.15) is 49.1 Å². The number of carboxylic acids is 1. The number of carbonyl (C=O) groups is 3. The predicted octanol–water partition coefficient (Wildman–Crippen LogP) is -2.62. The minimum absolute atomic E-state index is 0.0994. The molecule has 3 heterocycles. The second-order valence-electron chi connectivity index (χ2n) is 8.47. The van der Waals surface area contributed by atoms with Crippen molar-refractivity contribution in [2.45, 2.75) is 68.5 Å². The van der Waals surface area contributed by atoms with Crippen molar-refractivity contribution in [3.05, 3.63) is 11.8 Å². The minimum Gasteiger partial charge on any atom is -0.478 e. The number of carboxylic acid groups (broad SMARTS) is 1. The van der Waals surface area contributed by atoms with Crippen molar-refractivity contribution in [1.82, 2.24) is 0 Å². The Morgan fingerprint density at radius 2 is 1.78 bits per heavy atom. The van der Waals surface area contributed by atoms with Crippen molar-refractivity contribution in [1.29, 1.82) is 0 Å². The molecular formula is C19H24O13. The van der Waals surface area contributed by atoms with E-state index in [1.54, 1.807) is 0 Å². The lowest BCUT2D eigenvalue weighted by molar-refractivity contribution is -0.347. The van der Waals surface area contributed by atoms with E-state index in [0.29, 0.717) is 0 Å². The summed E-state index contributed by atoms with van der Waals surface area (Å²) in [5.41, 5.74) is -2.04. The molecule has 0 aromatic carbocycles. The number of aliphatic carboxylic acids is 1. The molecule has 13 nitrogen and oxygen atoms in total. The largest absolute Gasteiger partial charge is 0.478 e. The van der Waals surface area contributed by atoms with Crippen LogP contribution < -0.4 is 0 Å². The average molecular weight is 460 g/mol. The van der Waals surface area contributed by atoms with Crippen molar-refractivity contribution in [3.8, 4) is 0 Å². The molecule has 13 heteroatoms. The maximum atomic E-state index is 12.2. The van der Waals surface area contributed by atoms with Crippen molar-refractivity contribution in [2.75, 3.05) is 6.61 Å². The number of ether oxygens (including phenoxy) is 5. The highest BCUT2D eigenvalue weighted by Gasteiger charge is 2.61. The molecule has 0 amide bonds. The van der Waals surface area contributed by atoms with Crippen LogP contribution in [0.4, 0.5) is 0 Å². The maximum absolute atomic E-state index is 12.2. The number of hydrogen-bond donors (Lipinski definition) is 5. The molecule has 0 unspecified atom stereocenters. The number of esters is 2. The molecule has 10 atom stereocenters. The fourth-order valence-corrected chi connectivity index (χ4v) is 4.67. The van der Waals surface area contributed by atoms with Crippen LogP contribution in [0.15, 0.2) is 11.8 Å². The van der Waals surface area contributed by atoms with Gasteiger partial charge in [-0.2, -0.15) is 0 Å². The average Bonchev–Trinajstić information content (AvgIpc) is 2.97. The van der Waals surface area contributed by atoms with Gasteiger partial charge in [0, 0.05) is 5.92 Å². The highest BCUT2D eigenvalue weighted by atomic mass is 16.8. The van der Waals surface area contributed by atoms with Gasteiger partial charge in [-0.25, -0.2) is 4.79 Å². The standard InChI is InChI=1S/C19H24O13/c1-19(27)9-2-6-7(16(25)26)4-29-17(12(6)19)32-18-15(24)14(23)13(22)8(30-18)5-28-10(20)3-11(21)31-9/h4,6,8-9,12-15,17-18,22-24,27H,2-3,5H2,1H3,(H,25,26)/t6-,8+,9-,12-,13+,14-,15-,17-,18+,19-/m1/s1. The zero-order chi connectivity index (χ0) is 23.4. The topological polar surface area (TPSA) is 199 Å². The van der Waals surface area contributed by atoms with Gasteiger partial charge in [0.15, 0.2) is 6.29 Å². The monoisotopic (exact) mass is 460 g/mol. The van der Waals surface area contributed by atoms with E-state index in [1.165, 1.54) is 6.92 Å². The molecule has 0 radical (unpaired) electrons. The second-order valence-corrected chi connectivity index (χ2v) is 8.47. The molecule has 4 bridgehead atoms. The van der Waals surface area contributed by atoms with Crippen LogP contribution in [0.2, 0.25) is 0 Å². The third kappa shape index (κ3) is 3.84. The Morgan fingerprint density at radius 3 is 2.47 bits per heavy atom. The molecule has 0 spiro atoms. The van der Waals surface area contributed by atoms with E-state index in [-0.39, 0.29) is 12.0 Å². The Kier molecular flexibility index (Phi) is 5.90. The van der Waals surface area contributed by atoms with Crippen LogP contribution in [0, 0.1) is 11.8 Å². The summed E-state index contributed by atoms with van der Waals surface area (Å²) in [6.07, 6.45) is -10.6. The SMILES string of the molecule is C[C@]1(O)[C@H]2[C@@H]3OC=C(C(=O)O)[C@H]2C[C@H]1OC(=O)CC(=O)OC[C@@H]1O[C@@H](O3)[C@H](O)[C@H](O)[C@H]1O. The summed E-state index contributed by atoms with van der Waals surface area (Å²) >= 11 is 0. The Morgan fingerprint density at radius 1 is 1.06 bits per heavy atom. The number of hydrogen-bond acceptors (Lipinski definition) is 12. The zero-order valence-electron chi connectivity index (χ0n) is 16.9. The van der Waals surface area contributed by atoms with Crippen molar-refractivity contribution in [2.24, 2.45) is 11.8 Å². The number of aliphatic hydroxyl groups is 4. The summed E-state index contributed by atoms with van der Waals surface area (Å²) in [7, 11) is 0. The summed E-state index contributed by atoms with van der Waals surface area (Å²) in [6, 6.07) is 0. The fourth-order valence-electron chi connectivity index (χ4n) is 4.67. The summed E-state index contributed by atoms with van der Waals surface area (Å²) in [5, 5.41) is 51.4. The molecule has 5 N–H and O–H groups in total. The number of fused-ring (bicyclic) bond motifs is 3. The molecular weight excluding hydrogens is 436 g/mol. The first-order valence-corrected chi connectivity index (χ1v) is 10.0. The van der Waals surface area contributed by atoms with E-state index in [2.05, 4.69) is 0 Å². The van der Waals surface area contributed by atoms with E-state index in [4.69, 9.17) is 23.7 Å². The third-order valence-corrected chi connectivity index (χ3v) is 6.40. The number of rotatable bonds is 1. The minimum atomic E-state index is -1.86. The maximum Gasteiger partial charge on any atom is 0.334 e. The Balaban J connectivity index is 1.72.